The normalized spacial score (nSPS) is 15.1. The zero-order valence-corrected chi connectivity index (χ0v) is 14.4. The molecule has 1 aliphatic heterocycles. The van der Waals surface area contributed by atoms with E-state index < -0.39 is 5.97 Å². The Balaban J connectivity index is 1.64. The fourth-order valence-electron chi connectivity index (χ4n) is 2.96. The predicted octanol–water partition coefficient (Wildman–Crippen LogP) is 2.88. The van der Waals surface area contributed by atoms with Crippen molar-refractivity contribution in [2.45, 2.75) is 26.2 Å². The number of nitrogens with zero attached hydrogens (tertiary/aromatic N) is 2. The molecule has 0 atom stereocenters. The summed E-state index contributed by atoms with van der Waals surface area (Å²) < 4.78 is 0. The average Bonchev–Trinajstić information content (AvgIpc) is 2.67. The Morgan fingerprint density at radius 3 is 2.16 bits per heavy atom. The van der Waals surface area contributed by atoms with E-state index >= 15 is 0 Å². The Labute approximate surface area is 148 Å². The van der Waals surface area contributed by atoms with Crippen LogP contribution in [0.5, 0.6) is 0 Å². The second-order valence-electron chi connectivity index (χ2n) is 6.27. The first-order chi connectivity index (χ1) is 12.1. The Morgan fingerprint density at radius 2 is 1.56 bits per heavy atom. The number of carbonyl (C=O) groups excluding carboxylic acids is 1. The number of aromatic carboxylic acids is 1. The number of hydrogen-bond acceptors (Lipinski definition) is 5. The van der Waals surface area contributed by atoms with Gasteiger partial charge in [-0.3, -0.25) is 5.43 Å². The molecule has 5 nitrogen and oxygen atoms in total. The average molecular weight is 336 g/mol. The molecule has 0 aromatic heterocycles. The SMILES string of the molecule is C/C(=N/Nc1ccc(C(=O)[O-])cc1)c1ccc(N2CCCCC2)cc1. The number of carbonyl (C=O) groups is 1. The summed E-state index contributed by atoms with van der Waals surface area (Å²) in [5, 5.41) is 15.1. The molecule has 1 fully saturated rings. The molecule has 0 amide bonds. The molecule has 25 heavy (non-hydrogen) atoms. The first kappa shape index (κ1) is 17.0. The minimum atomic E-state index is -1.18. The summed E-state index contributed by atoms with van der Waals surface area (Å²) in [6, 6.07) is 14.8. The van der Waals surface area contributed by atoms with Gasteiger partial charge in [-0.05, 0) is 61.6 Å². The van der Waals surface area contributed by atoms with Crippen molar-refractivity contribution in [3.63, 3.8) is 0 Å². The summed E-state index contributed by atoms with van der Waals surface area (Å²) in [4.78, 5) is 13.2. The number of piperidine rings is 1. The van der Waals surface area contributed by atoms with Crippen LogP contribution in [0.4, 0.5) is 11.4 Å². The maximum atomic E-state index is 10.7. The van der Waals surface area contributed by atoms with E-state index in [0.717, 1.165) is 30.1 Å². The quantitative estimate of drug-likeness (QED) is 0.673. The molecule has 130 valence electrons. The van der Waals surface area contributed by atoms with Crippen LogP contribution >= 0.6 is 0 Å². The molecular weight excluding hydrogens is 314 g/mol. The topological polar surface area (TPSA) is 67.8 Å². The van der Waals surface area contributed by atoms with Gasteiger partial charge in [0.25, 0.3) is 0 Å². The van der Waals surface area contributed by atoms with Crippen molar-refractivity contribution in [2.24, 2.45) is 5.10 Å². The summed E-state index contributed by atoms with van der Waals surface area (Å²) in [7, 11) is 0. The number of hydrazone groups is 1. The van der Waals surface area contributed by atoms with Gasteiger partial charge in [-0.25, -0.2) is 0 Å². The third-order valence-electron chi connectivity index (χ3n) is 4.48. The van der Waals surface area contributed by atoms with Gasteiger partial charge in [0.05, 0.1) is 17.4 Å². The van der Waals surface area contributed by atoms with E-state index in [0.29, 0.717) is 0 Å². The summed E-state index contributed by atoms with van der Waals surface area (Å²) in [6.07, 6.45) is 3.86. The molecule has 0 unspecified atom stereocenters. The first-order valence-electron chi connectivity index (χ1n) is 8.60. The van der Waals surface area contributed by atoms with Crippen LogP contribution in [0.1, 0.15) is 42.1 Å². The zero-order valence-electron chi connectivity index (χ0n) is 14.4. The van der Waals surface area contributed by atoms with Crippen LogP contribution in [-0.4, -0.2) is 24.8 Å². The van der Waals surface area contributed by atoms with E-state index in [4.69, 9.17) is 0 Å². The van der Waals surface area contributed by atoms with E-state index in [1.165, 1.54) is 37.1 Å². The number of carboxylic acids is 1. The number of carboxylic acid groups (broad SMARTS) is 1. The van der Waals surface area contributed by atoms with Gasteiger partial charge in [0, 0.05) is 18.8 Å². The number of rotatable bonds is 5. The van der Waals surface area contributed by atoms with Crippen LogP contribution in [0, 0.1) is 0 Å². The molecule has 1 aliphatic rings. The van der Waals surface area contributed by atoms with Crippen LogP contribution in [0.2, 0.25) is 0 Å². The molecule has 3 rings (SSSR count). The fraction of sp³-hybridized carbons (Fsp3) is 0.300. The molecule has 0 aliphatic carbocycles. The summed E-state index contributed by atoms with van der Waals surface area (Å²) >= 11 is 0. The van der Waals surface area contributed by atoms with Crippen LogP contribution in [-0.2, 0) is 0 Å². The number of hydrogen-bond donors (Lipinski definition) is 1. The maximum absolute atomic E-state index is 10.7. The second-order valence-corrected chi connectivity index (χ2v) is 6.27. The van der Waals surface area contributed by atoms with E-state index in [-0.39, 0.29) is 5.56 Å². The molecule has 0 bridgehead atoms. The molecular formula is C20H22N3O2-. The van der Waals surface area contributed by atoms with Gasteiger partial charge in [-0.15, -0.1) is 0 Å². The van der Waals surface area contributed by atoms with Gasteiger partial charge in [-0.2, -0.15) is 5.10 Å². The monoisotopic (exact) mass is 336 g/mol. The molecule has 0 radical (unpaired) electrons. The minimum Gasteiger partial charge on any atom is -0.545 e. The Bertz CT molecular complexity index is 746. The van der Waals surface area contributed by atoms with Crippen molar-refractivity contribution in [3.05, 3.63) is 59.7 Å². The zero-order chi connectivity index (χ0) is 17.6. The van der Waals surface area contributed by atoms with Crippen molar-refractivity contribution < 1.29 is 9.90 Å². The highest BCUT2D eigenvalue weighted by Crippen LogP contribution is 2.20. The van der Waals surface area contributed by atoms with Gasteiger partial charge in [-0.1, -0.05) is 24.3 Å². The largest absolute Gasteiger partial charge is 0.545 e. The lowest BCUT2D eigenvalue weighted by Crippen LogP contribution is -2.29. The second kappa shape index (κ2) is 7.83. The summed E-state index contributed by atoms with van der Waals surface area (Å²) in [5.74, 6) is -1.18. The summed E-state index contributed by atoms with van der Waals surface area (Å²) in [5.41, 5.74) is 7.03. The van der Waals surface area contributed by atoms with E-state index in [9.17, 15) is 9.90 Å². The van der Waals surface area contributed by atoms with Gasteiger partial charge < -0.3 is 14.8 Å². The van der Waals surface area contributed by atoms with Crippen molar-refractivity contribution in [3.8, 4) is 0 Å². The van der Waals surface area contributed by atoms with E-state index in [1.807, 2.05) is 6.92 Å². The molecule has 1 heterocycles. The molecule has 2 aromatic rings. The lowest BCUT2D eigenvalue weighted by atomic mass is 10.1. The Kier molecular flexibility index (Phi) is 5.33. The molecule has 0 saturated carbocycles. The minimum absolute atomic E-state index is 0.152. The molecule has 0 spiro atoms. The molecule has 1 N–H and O–H groups in total. The van der Waals surface area contributed by atoms with E-state index in [2.05, 4.69) is 39.7 Å². The van der Waals surface area contributed by atoms with Gasteiger partial charge >= 0.3 is 0 Å². The first-order valence-corrected chi connectivity index (χ1v) is 8.60. The number of nitrogens with one attached hydrogen (secondary N) is 1. The Morgan fingerprint density at radius 1 is 0.960 bits per heavy atom. The lowest BCUT2D eigenvalue weighted by molar-refractivity contribution is -0.255. The fourth-order valence-corrected chi connectivity index (χ4v) is 2.96. The third-order valence-corrected chi connectivity index (χ3v) is 4.48. The third kappa shape index (κ3) is 4.38. The van der Waals surface area contributed by atoms with Crippen LogP contribution in [0.3, 0.4) is 0 Å². The van der Waals surface area contributed by atoms with Crippen molar-refractivity contribution >= 4 is 23.1 Å². The van der Waals surface area contributed by atoms with Gasteiger partial charge in [0.1, 0.15) is 0 Å². The van der Waals surface area contributed by atoms with Crippen LogP contribution in [0.25, 0.3) is 0 Å². The summed E-state index contributed by atoms with van der Waals surface area (Å²) in [6.45, 7) is 4.21. The van der Waals surface area contributed by atoms with Crippen LogP contribution in [0.15, 0.2) is 53.6 Å². The highest BCUT2D eigenvalue weighted by Gasteiger charge is 2.10. The Hall–Kier alpha value is -2.82. The predicted molar refractivity (Wildman–Crippen MR) is 99.1 cm³/mol. The lowest BCUT2D eigenvalue weighted by Gasteiger charge is -2.28. The van der Waals surface area contributed by atoms with Crippen molar-refractivity contribution in [1.29, 1.82) is 0 Å². The van der Waals surface area contributed by atoms with Crippen LogP contribution < -0.4 is 15.4 Å². The van der Waals surface area contributed by atoms with E-state index in [1.54, 1.807) is 12.1 Å². The molecule has 2 aromatic carbocycles. The van der Waals surface area contributed by atoms with Crippen molar-refractivity contribution in [1.82, 2.24) is 0 Å². The molecule has 5 heteroatoms. The van der Waals surface area contributed by atoms with Gasteiger partial charge in [0.15, 0.2) is 0 Å². The standard InChI is InChI=1S/C20H23N3O2/c1-15(21-22-18-9-5-17(6-10-18)20(24)25)16-7-11-19(12-8-16)23-13-3-2-4-14-23/h5-12,22H,2-4,13-14H2,1H3,(H,24,25)/p-1/b21-15-. The van der Waals surface area contributed by atoms with Crippen molar-refractivity contribution in [2.75, 3.05) is 23.4 Å². The maximum Gasteiger partial charge on any atom is 0.0715 e. The number of anilines is 2. The number of benzene rings is 2. The highest BCUT2D eigenvalue weighted by atomic mass is 16.4. The molecule has 1 saturated heterocycles. The van der Waals surface area contributed by atoms with Gasteiger partial charge in [0.2, 0.25) is 0 Å². The highest BCUT2D eigenvalue weighted by molar-refractivity contribution is 5.99. The smallest absolute Gasteiger partial charge is 0.0715 e.